The largest absolute Gasteiger partial charge is 0.368 e. The van der Waals surface area contributed by atoms with Crippen molar-refractivity contribution in [2.75, 3.05) is 31.1 Å². The second kappa shape index (κ2) is 7.70. The molecule has 2 N–H and O–H groups in total. The average Bonchev–Trinajstić information content (AvgIpc) is 2.65. The van der Waals surface area contributed by atoms with Crippen LogP contribution < -0.4 is 10.6 Å². The second-order valence-electron chi connectivity index (χ2n) is 6.81. The number of aryl methyl sites for hydroxylation is 1. The maximum atomic E-state index is 12.6. The Labute approximate surface area is 150 Å². The SMILES string of the molecule is Cc1cccc(N2CCN(C(=O)CC(N)c3ccccc3)CC2)c1C. The van der Waals surface area contributed by atoms with Gasteiger partial charge in [-0.3, -0.25) is 4.79 Å². The number of rotatable bonds is 4. The van der Waals surface area contributed by atoms with Gasteiger partial charge in [-0.25, -0.2) is 0 Å². The van der Waals surface area contributed by atoms with E-state index < -0.39 is 0 Å². The highest BCUT2D eigenvalue weighted by Gasteiger charge is 2.23. The van der Waals surface area contributed by atoms with E-state index in [9.17, 15) is 4.79 Å². The number of hydrogen-bond acceptors (Lipinski definition) is 3. The molecule has 0 aliphatic carbocycles. The minimum atomic E-state index is -0.231. The Hall–Kier alpha value is -2.33. The first-order valence-corrected chi connectivity index (χ1v) is 8.95. The Balaban J connectivity index is 1.57. The minimum absolute atomic E-state index is 0.150. The fraction of sp³-hybridized carbons (Fsp3) is 0.381. The molecule has 1 aliphatic heterocycles. The summed E-state index contributed by atoms with van der Waals surface area (Å²) in [6.07, 6.45) is 0.369. The molecule has 1 saturated heterocycles. The van der Waals surface area contributed by atoms with Crippen LogP contribution in [0.1, 0.15) is 29.2 Å². The molecular weight excluding hydrogens is 310 g/mol. The lowest BCUT2D eigenvalue weighted by Gasteiger charge is -2.37. The molecule has 0 saturated carbocycles. The molecule has 4 heteroatoms. The van der Waals surface area contributed by atoms with Crippen LogP contribution in [-0.4, -0.2) is 37.0 Å². The summed E-state index contributed by atoms with van der Waals surface area (Å²) in [5, 5.41) is 0. The van der Waals surface area contributed by atoms with Crippen LogP contribution in [-0.2, 0) is 4.79 Å². The molecule has 3 rings (SSSR count). The van der Waals surface area contributed by atoms with E-state index in [0.717, 1.165) is 31.7 Å². The van der Waals surface area contributed by atoms with Crippen LogP contribution in [0.25, 0.3) is 0 Å². The summed E-state index contributed by atoms with van der Waals surface area (Å²) in [7, 11) is 0. The first-order valence-electron chi connectivity index (χ1n) is 8.95. The fourth-order valence-corrected chi connectivity index (χ4v) is 3.41. The number of carbonyl (C=O) groups is 1. The van der Waals surface area contributed by atoms with Crippen LogP contribution >= 0.6 is 0 Å². The lowest BCUT2D eigenvalue weighted by molar-refractivity contribution is -0.131. The lowest BCUT2D eigenvalue weighted by atomic mass is 10.0. The molecule has 2 aromatic carbocycles. The van der Waals surface area contributed by atoms with Crippen LogP contribution in [0.2, 0.25) is 0 Å². The van der Waals surface area contributed by atoms with Gasteiger partial charge < -0.3 is 15.5 Å². The van der Waals surface area contributed by atoms with Gasteiger partial charge in [-0.05, 0) is 36.6 Å². The van der Waals surface area contributed by atoms with Gasteiger partial charge in [-0.2, -0.15) is 0 Å². The second-order valence-corrected chi connectivity index (χ2v) is 6.81. The molecule has 0 spiro atoms. The van der Waals surface area contributed by atoms with E-state index in [4.69, 9.17) is 5.73 Å². The molecule has 132 valence electrons. The van der Waals surface area contributed by atoms with E-state index in [1.807, 2.05) is 35.2 Å². The van der Waals surface area contributed by atoms with E-state index >= 15 is 0 Å². The van der Waals surface area contributed by atoms with Crippen molar-refractivity contribution in [1.29, 1.82) is 0 Å². The van der Waals surface area contributed by atoms with Crippen molar-refractivity contribution in [3.63, 3.8) is 0 Å². The van der Waals surface area contributed by atoms with Gasteiger partial charge >= 0.3 is 0 Å². The molecule has 2 aromatic rings. The molecule has 1 aliphatic rings. The summed E-state index contributed by atoms with van der Waals surface area (Å²) in [5.41, 5.74) is 11.1. The number of anilines is 1. The molecule has 0 aromatic heterocycles. The van der Waals surface area contributed by atoms with Crippen LogP contribution in [0.4, 0.5) is 5.69 Å². The number of nitrogens with zero attached hydrogens (tertiary/aromatic N) is 2. The third kappa shape index (κ3) is 4.02. The van der Waals surface area contributed by atoms with Gasteiger partial charge in [-0.1, -0.05) is 42.5 Å². The minimum Gasteiger partial charge on any atom is -0.368 e. The van der Waals surface area contributed by atoms with Gasteiger partial charge in [0, 0.05) is 44.3 Å². The predicted molar refractivity (Wildman–Crippen MR) is 103 cm³/mol. The third-order valence-corrected chi connectivity index (χ3v) is 5.17. The van der Waals surface area contributed by atoms with Gasteiger partial charge in [0.05, 0.1) is 0 Å². The van der Waals surface area contributed by atoms with Gasteiger partial charge in [0.2, 0.25) is 5.91 Å². The Kier molecular flexibility index (Phi) is 5.39. The maximum Gasteiger partial charge on any atom is 0.224 e. The van der Waals surface area contributed by atoms with E-state index in [1.54, 1.807) is 0 Å². The van der Waals surface area contributed by atoms with Crippen LogP contribution in [0.5, 0.6) is 0 Å². The summed E-state index contributed by atoms with van der Waals surface area (Å²) in [4.78, 5) is 16.9. The van der Waals surface area contributed by atoms with E-state index in [2.05, 4.69) is 36.9 Å². The molecule has 25 heavy (non-hydrogen) atoms. The lowest BCUT2D eigenvalue weighted by Crippen LogP contribution is -2.49. The Bertz CT molecular complexity index is 721. The summed E-state index contributed by atoms with van der Waals surface area (Å²) in [5.74, 6) is 0.150. The van der Waals surface area contributed by atoms with E-state index in [0.29, 0.717) is 6.42 Å². The van der Waals surface area contributed by atoms with Crippen LogP contribution in [0.3, 0.4) is 0 Å². The predicted octanol–water partition coefficient (Wildman–Crippen LogP) is 3.04. The van der Waals surface area contributed by atoms with Crippen molar-refractivity contribution in [2.24, 2.45) is 5.73 Å². The zero-order chi connectivity index (χ0) is 17.8. The molecule has 1 amide bonds. The van der Waals surface area contributed by atoms with Gasteiger partial charge in [0.15, 0.2) is 0 Å². The summed E-state index contributed by atoms with van der Waals surface area (Å²) in [6.45, 7) is 7.57. The maximum absolute atomic E-state index is 12.6. The van der Waals surface area contributed by atoms with Gasteiger partial charge in [0.25, 0.3) is 0 Å². The van der Waals surface area contributed by atoms with Crippen molar-refractivity contribution < 1.29 is 4.79 Å². The standard InChI is InChI=1S/C21H27N3O/c1-16-7-6-10-20(17(16)2)23-11-13-24(14-12-23)21(25)15-19(22)18-8-4-3-5-9-18/h3-10,19H,11-15,22H2,1-2H3. The molecule has 1 atom stereocenters. The topological polar surface area (TPSA) is 49.6 Å². The average molecular weight is 337 g/mol. The Morgan fingerprint density at radius 3 is 2.36 bits per heavy atom. The number of hydrogen-bond donors (Lipinski definition) is 1. The molecular formula is C21H27N3O. The quantitative estimate of drug-likeness (QED) is 0.933. The fourth-order valence-electron chi connectivity index (χ4n) is 3.41. The number of nitrogens with two attached hydrogens (primary N) is 1. The normalized spacial score (nSPS) is 16.0. The van der Waals surface area contributed by atoms with E-state index in [-0.39, 0.29) is 11.9 Å². The summed E-state index contributed by atoms with van der Waals surface area (Å²) in [6, 6.07) is 16.0. The first kappa shape index (κ1) is 17.5. The Morgan fingerprint density at radius 2 is 1.68 bits per heavy atom. The number of amides is 1. The third-order valence-electron chi connectivity index (χ3n) is 5.17. The Morgan fingerprint density at radius 1 is 1.00 bits per heavy atom. The number of carbonyl (C=O) groups excluding carboxylic acids is 1. The number of benzene rings is 2. The number of piperazine rings is 1. The smallest absolute Gasteiger partial charge is 0.224 e. The summed E-state index contributed by atoms with van der Waals surface area (Å²) >= 11 is 0. The molecule has 1 fully saturated rings. The zero-order valence-corrected chi connectivity index (χ0v) is 15.1. The van der Waals surface area contributed by atoms with Crippen LogP contribution in [0, 0.1) is 13.8 Å². The molecule has 1 unspecified atom stereocenters. The van der Waals surface area contributed by atoms with Crippen molar-refractivity contribution >= 4 is 11.6 Å². The van der Waals surface area contributed by atoms with Crippen LogP contribution in [0.15, 0.2) is 48.5 Å². The van der Waals surface area contributed by atoms with Gasteiger partial charge in [0.1, 0.15) is 0 Å². The molecule has 0 bridgehead atoms. The van der Waals surface area contributed by atoms with Crippen molar-refractivity contribution in [3.8, 4) is 0 Å². The highest BCUT2D eigenvalue weighted by Crippen LogP contribution is 2.24. The highest BCUT2D eigenvalue weighted by atomic mass is 16.2. The zero-order valence-electron chi connectivity index (χ0n) is 15.1. The molecule has 1 heterocycles. The van der Waals surface area contributed by atoms with Gasteiger partial charge in [-0.15, -0.1) is 0 Å². The molecule has 4 nitrogen and oxygen atoms in total. The summed E-state index contributed by atoms with van der Waals surface area (Å²) < 4.78 is 0. The van der Waals surface area contributed by atoms with Crippen molar-refractivity contribution in [3.05, 3.63) is 65.2 Å². The van der Waals surface area contributed by atoms with E-state index in [1.165, 1.54) is 16.8 Å². The highest BCUT2D eigenvalue weighted by molar-refractivity contribution is 5.77. The van der Waals surface area contributed by atoms with Crippen molar-refractivity contribution in [1.82, 2.24) is 4.90 Å². The molecule has 0 radical (unpaired) electrons. The van der Waals surface area contributed by atoms with Crippen molar-refractivity contribution in [2.45, 2.75) is 26.3 Å². The first-order chi connectivity index (χ1) is 12.1. The monoisotopic (exact) mass is 337 g/mol.